The zero-order valence-corrected chi connectivity index (χ0v) is 17.4. The number of para-hydroxylation sites is 1. The second-order valence-corrected chi connectivity index (χ2v) is 7.31. The number of amides is 1. The van der Waals surface area contributed by atoms with Crippen LogP contribution in [0.4, 0.5) is 0 Å². The van der Waals surface area contributed by atoms with Gasteiger partial charge in [-0.15, -0.1) is 0 Å². The highest BCUT2D eigenvalue weighted by Gasteiger charge is 2.27. The maximum absolute atomic E-state index is 12.7. The number of nitrogens with zero attached hydrogens (tertiary/aromatic N) is 4. The van der Waals surface area contributed by atoms with Gasteiger partial charge >= 0.3 is 0 Å². The minimum absolute atomic E-state index is 0.0269. The van der Waals surface area contributed by atoms with E-state index < -0.39 is 0 Å². The molecule has 0 atom stereocenters. The highest BCUT2D eigenvalue weighted by molar-refractivity contribution is 5.78. The molecule has 0 N–H and O–H groups in total. The lowest BCUT2D eigenvalue weighted by Gasteiger charge is -2.28. The van der Waals surface area contributed by atoms with Crippen molar-refractivity contribution in [1.82, 2.24) is 19.7 Å². The quantitative estimate of drug-likeness (QED) is 0.603. The molecule has 0 fully saturated rings. The molecule has 0 saturated heterocycles. The van der Waals surface area contributed by atoms with Crippen molar-refractivity contribution < 1.29 is 14.3 Å². The minimum atomic E-state index is -0.0269. The van der Waals surface area contributed by atoms with Crippen molar-refractivity contribution in [2.75, 3.05) is 13.2 Å². The normalized spacial score (nSPS) is 13.1. The molecule has 156 valence electrons. The van der Waals surface area contributed by atoms with Crippen LogP contribution in [0.2, 0.25) is 0 Å². The van der Waals surface area contributed by atoms with Gasteiger partial charge in [-0.25, -0.2) is 4.98 Å². The Balaban J connectivity index is 1.44. The van der Waals surface area contributed by atoms with Crippen LogP contribution in [0.25, 0.3) is 0 Å². The summed E-state index contributed by atoms with van der Waals surface area (Å²) in [4.78, 5) is 18.8. The van der Waals surface area contributed by atoms with E-state index in [1.54, 1.807) is 6.20 Å². The van der Waals surface area contributed by atoms with E-state index in [1.165, 1.54) is 5.69 Å². The van der Waals surface area contributed by atoms with E-state index in [-0.39, 0.29) is 12.5 Å². The van der Waals surface area contributed by atoms with E-state index in [0.717, 1.165) is 29.8 Å². The molecule has 0 bridgehead atoms. The maximum Gasteiger partial charge on any atom is 0.260 e. The number of rotatable bonds is 7. The van der Waals surface area contributed by atoms with Crippen LogP contribution in [0.1, 0.15) is 29.4 Å². The third kappa shape index (κ3) is 4.45. The summed E-state index contributed by atoms with van der Waals surface area (Å²) >= 11 is 0. The van der Waals surface area contributed by atoms with Crippen molar-refractivity contribution in [3.8, 4) is 11.6 Å². The number of aromatic nitrogens is 3. The van der Waals surface area contributed by atoms with Crippen molar-refractivity contribution in [2.45, 2.75) is 40.0 Å². The molecule has 1 aliphatic rings. The Labute approximate surface area is 176 Å². The SMILES string of the molecule is CCn1nc(COc2cc(C)ccn2)c2c1CCN(C(=O)COc1ccccc1)C2. The standard InChI is InChI=1S/C23H26N4O3/c1-3-27-21-10-12-26(23(28)16-29-18-7-5-4-6-8-18)14-19(21)20(25-27)15-30-22-13-17(2)9-11-24-22/h4-9,11,13H,3,10,12,14-16H2,1-2H3. The summed E-state index contributed by atoms with van der Waals surface area (Å²) in [6, 6.07) is 13.2. The first-order valence-electron chi connectivity index (χ1n) is 10.2. The fraction of sp³-hybridized carbons (Fsp3) is 0.348. The van der Waals surface area contributed by atoms with Crippen molar-refractivity contribution in [3.63, 3.8) is 0 Å². The zero-order chi connectivity index (χ0) is 20.9. The Morgan fingerprint density at radius 2 is 2.00 bits per heavy atom. The van der Waals surface area contributed by atoms with Crippen LogP contribution in [-0.4, -0.2) is 38.7 Å². The highest BCUT2D eigenvalue weighted by atomic mass is 16.5. The summed E-state index contributed by atoms with van der Waals surface area (Å²) in [6.45, 7) is 6.40. The van der Waals surface area contributed by atoms with Gasteiger partial charge in [0, 0.05) is 49.6 Å². The van der Waals surface area contributed by atoms with Crippen LogP contribution < -0.4 is 9.47 Å². The molecule has 0 spiro atoms. The van der Waals surface area contributed by atoms with Crippen molar-refractivity contribution >= 4 is 5.91 Å². The summed E-state index contributed by atoms with van der Waals surface area (Å²) in [6.07, 6.45) is 2.51. The van der Waals surface area contributed by atoms with Crippen molar-refractivity contribution in [2.24, 2.45) is 0 Å². The molecule has 7 nitrogen and oxygen atoms in total. The van der Waals surface area contributed by atoms with E-state index in [4.69, 9.17) is 14.6 Å². The topological polar surface area (TPSA) is 69.5 Å². The largest absolute Gasteiger partial charge is 0.484 e. The van der Waals surface area contributed by atoms with Gasteiger partial charge in [0.05, 0.1) is 0 Å². The monoisotopic (exact) mass is 406 g/mol. The smallest absolute Gasteiger partial charge is 0.260 e. The van der Waals surface area contributed by atoms with Crippen LogP contribution in [0.3, 0.4) is 0 Å². The van der Waals surface area contributed by atoms with Gasteiger partial charge in [-0.05, 0) is 37.6 Å². The molecule has 0 unspecified atom stereocenters. The predicted octanol–water partition coefficient (Wildman–Crippen LogP) is 3.15. The summed E-state index contributed by atoms with van der Waals surface area (Å²) < 4.78 is 13.5. The van der Waals surface area contributed by atoms with Crippen LogP contribution in [0, 0.1) is 6.92 Å². The number of hydrogen-bond acceptors (Lipinski definition) is 5. The lowest BCUT2D eigenvalue weighted by molar-refractivity contribution is -0.134. The lowest BCUT2D eigenvalue weighted by Crippen LogP contribution is -2.39. The number of aryl methyl sites for hydroxylation is 2. The summed E-state index contributed by atoms with van der Waals surface area (Å²) in [5.74, 6) is 1.25. The van der Waals surface area contributed by atoms with Crippen molar-refractivity contribution in [3.05, 3.63) is 71.2 Å². The summed E-state index contributed by atoms with van der Waals surface area (Å²) in [5, 5.41) is 4.73. The Bertz CT molecular complexity index is 1020. The molecule has 1 aliphatic heterocycles. The highest BCUT2D eigenvalue weighted by Crippen LogP contribution is 2.24. The van der Waals surface area contributed by atoms with Gasteiger partial charge in [-0.3, -0.25) is 9.48 Å². The Morgan fingerprint density at radius 1 is 1.17 bits per heavy atom. The second kappa shape index (κ2) is 8.98. The van der Waals surface area contributed by atoms with E-state index in [2.05, 4.69) is 11.9 Å². The number of carbonyl (C=O) groups excluding carboxylic acids is 1. The number of fused-ring (bicyclic) bond motifs is 1. The molecule has 4 rings (SSSR count). The maximum atomic E-state index is 12.7. The third-order valence-electron chi connectivity index (χ3n) is 5.22. The fourth-order valence-corrected chi connectivity index (χ4v) is 3.64. The molecule has 0 radical (unpaired) electrons. The number of pyridine rings is 1. The molecule has 3 aromatic rings. The molecule has 30 heavy (non-hydrogen) atoms. The van der Waals surface area contributed by atoms with Gasteiger partial charge in [0.25, 0.3) is 5.91 Å². The lowest BCUT2D eigenvalue weighted by atomic mass is 10.1. The summed E-state index contributed by atoms with van der Waals surface area (Å²) in [7, 11) is 0. The van der Waals surface area contributed by atoms with Gasteiger partial charge in [0.2, 0.25) is 5.88 Å². The van der Waals surface area contributed by atoms with Gasteiger partial charge < -0.3 is 14.4 Å². The Kier molecular flexibility index (Phi) is 5.97. The molecule has 2 aromatic heterocycles. The van der Waals surface area contributed by atoms with E-state index >= 15 is 0 Å². The van der Waals surface area contributed by atoms with Gasteiger partial charge in [-0.2, -0.15) is 5.10 Å². The number of hydrogen-bond donors (Lipinski definition) is 0. The average Bonchev–Trinajstić information content (AvgIpc) is 3.14. The van der Waals surface area contributed by atoms with Crippen molar-refractivity contribution in [1.29, 1.82) is 0 Å². The molecule has 0 saturated carbocycles. The number of ether oxygens (including phenoxy) is 2. The first-order chi connectivity index (χ1) is 14.6. The first-order valence-corrected chi connectivity index (χ1v) is 10.2. The zero-order valence-electron chi connectivity index (χ0n) is 17.4. The average molecular weight is 406 g/mol. The van der Waals surface area contributed by atoms with Gasteiger partial charge in [-0.1, -0.05) is 18.2 Å². The number of carbonyl (C=O) groups is 1. The first kappa shape index (κ1) is 19.9. The van der Waals surface area contributed by atoms with Crippen LogP contribution in [0.15, 0.2) is 48.7 Å². The van der Waals surface area contributed by atoms with Crippen LogP contribution in [0.5, 0.6) is 11.6 Å². The second-order valence-electron chi connectivity index (χ2n) is 7.31. The van der Waals surface area contributed by atoms with Gasteiger partial charge in [0.15, 0.2) is 6.61 Å². The number of benzene rings is 1. The van der Waals surface area contributed by atoms with E-state index in [1.807, 2.05) is 59.0 Å². The predicted molar refractivity (Wildman–Crippen MR) is 112 cm³/mol. The molecule has 0 aliphatic carbocycles. The third-order valence-corrected chi connectivity index (χ3v) is 5.22. The fourth-order valence-electron chi connectivity index (χ4n) is 3.64. The van der Waals surface area contributed by atoms with E-state index in [9.17, 15) is 4.79 Å². The molecule has 1 amide bonds. The van der Waals surface area contributed by atoms with Gasteiger partial charge in [0.1, 0.15) is 18.1 Å². The minimum Gasteiger partial charge on any atom is -0.484 e. The molecule has 3 heterocycles. The van der Waals surface area contributed by atoms with Crippen LogP contribution in [-0.2, 0) is 30.9 Å². The van der Waals surface area contributed by atoms with E-state index in [0.29, 0.717) is 31.3 Å². The summed E-state index contributed by atoms with van der Waals surface area (Å²) in [5.41, 5.74) is 4.21. The Hall–Kier alpha value is -3.35. The van der Waals surface area contributed by atoms with Crippen LogP contribution >= 0.6 is 0 Å². The molecular weight excluding hydrogens is 380 g/mol. The Morgan fingerprint density at radius 3 is 2.77 bits per heavy atom. The molecule has 1 aromatic carbocycles. The molecule has 7 heteroatoms. The molecular formula is C23H26N4O3.